The zero-order valence-corrected chi connectivity index (χ0v) is 13.7. The van der Waals surface area contributed by atoms with E-state index < -0.39 is 0 Å². The number of carbonyl (C=O) groups is 1. The summed E-state index contributed by atoms with van der Waals surface area (Å²) in [5.41, 5.74) is 1.08. The van der Waals surface area contributed by atoms with Gasteiger partial charge in [0.2, 0.25) is 5.91 Å². The highest BCUT2D eigenvalue weighted by Crippen LogP contribution is 2.27. The number of carbonyl (C=O) groups excluding carboxylic acids is 1. The fraction of sp³-hybridized carbons (Fsp3) is 0.588. The Balaban J connectivity index is 2.47. The molecule has 0 fully saturated rings. The molecule has 22 heavy (non-hydrogen) atoms. The Morgan fingerprint density at radius 3 is 2.59 bits per heavy atom. The Kier molecular flexibility index (Phi) is 8.36. The lowest BCUT2D eigenvalue weighted by Crippen LogP contribution is -2.32. The molecule has 0 aromatic heterocycles. The van der Waals surface area contributed by atoms with Gasteiger partial charge in [-0.25, -0.2) is 0 Å². The van der Waals surface area contributed by atoms with Gasteiger partial charge in [-0.15, -0.1) is 0 Å². The summed E-state index contributed by atoms with van der Waals surface area (Å²) >= 11 is 0. The van der Waals surface area contributed by atoms with Crippen molar-refractivity contribution >= 4 is 5.91 Å². The van der Waals surface area contributed by atoms with E-state index in [1.807, 2.05) is 25.1 Å². The molecule has 124 valence electrons. The molecule has 0 saturated heterocycles. The predicted octanol–water partition coefficient (Wildman–Crippen LogP) is 2.16. The Hall–Kier alpha value is -1.75. The molecule has 2 N–H and O–H groups in total. The summed E-state index contributed by atoms with van der Waals surface area (Å²) in [4.78, 5) is 12.1. The maximum absolute atomic E-state index is 12.1. The number of hydrogen-bond acceptors (Lipinski definition) is 4. The number of amides is 1. The molecule has 0 aliphatic rings. The number of nitrogens with one attached hydrogen (secondary N) is 1. The lowest BCUT2D eigenvalue weighted by atomic mass is 9.99. The first-order chi connectivity index (χ1) is 10.7. The third-order valence-electron chi connectivity index (χ3n) is 3.74. The molecule has 0 aliphatic heterocycles. The third-order valence-corrected chi connectivity index (χ3v) is 3.74. The van der Waals surface area contributed by atoms with E-state index in [1.54, 1.807) is 14.2 Å². The molecule has 5 nitrogen and oxygen atoms in total. The number of benzene rings is 1. The molecule has 1 aromatic rings. The van der Waals surface area contributed by atoms with E-state index in [0.717, 1.165) is 24.8 Å². The van der Waals surface area contributed by atoms with E-state index in [-0.39, 0.29) is 18.4 Å². The monoisotopic (exact) mass is 309 g/mol. The van der Waals surface area contributed by atoms with Crippen molar-refractivity contribution in [2.75, 3.05) is 27.4 Å². The maximum Gasteiger partial charge on any atom is 0.223 e. The summed E-state index contributed by atoms with van der Waals surface area (Å²) < 4.78 is 10.5. The van der Waals surface area contributed by atoms with E-state index in [1.165, 1.54) is 0 Å². The predicted molar refractivity (Wildman–Crippen MR) is 86.4 cm³/mol. The summed E-state index contributed by atoms with van der Waals surface area (Å²) in [7, 11) is 3.21. The van der Waals surface area contributed by atoms with Crippen molar-refractivity contribution in [1.29, 1.82) is 0 Å². The van der Waals surface area contributed by atoms with Crippen molar-refractivity contribution in [2.24, 2.45) is 5.92 Å². The van der Waals surface area contributed by atoms with Gasteiger partial charge in [0.25, 0.3) is 0 Å². The van der Waals surface area contributed by atoms with Crippen LogP contribution in [0.15, 0.2) is 18.2 Å². The van der Waals surface area contributed by atoms with E-state index in [4.69, 9.17) is 14.6 Å². The van der Waals surface area contributed by atoms with Gasteiger partial charge in [0.15, 0.2) is 11.5 Å². The molecule has 0 bridgehead atoms. The first kappa shape index (κ1) is 18.3. The maximum atomic E-state index is 12.1. The van der Waals surface area contributed by atoms with Gasteiger partial charge in [-0.05, 0) is 43.4 Å². The number of aliphatic hydroxyl groups excluding tert-OH is 1. The van der Waals surface area contributed by atoms with Crippen LogP contribution in [0.3, 0.4) is 0 Å². The molecule has 1 atom stereocenters. The Bertz CT molecular complexity index is 462. The molecule has 1 amide bonds. The van der Waals surface area contributed by atoms with Crippen LogP contribution in [0.1, 0.15) is 31.7 Å². The molecular formula is C17H27NO4. The fourth-order valence-electron chi connectivity index (χ4n) is 2.37. The first-order valence-electron chi connectivity index (χ1n) is 7.75. The van der Waals surface area contributed by atoms with Gasteiger partial charge in [0.05, 0.1) is 14.2 Å². The van der Waals surface area contributed by atoms with Gasteiger partial charge in [0.1, 0.15) is 0 Å². The molecular weight excluding hydrogens is 282 g/mol. The van der Waals surface area contributed by atoms with Gasteiger partial charge >= 0.3 is 0 Å². The summed E-state index contributed by atoms with van der Waals surface area (Å²) in [6.45, 7) is 2.72. The van der Waals surface area contributed by atoms with Gasteiger partial charge < -0.3 is 19.9 Å². The first-order valence-corrected chi connectivity index (χ1v) is 7.75. The van der Waals surface area contributed by atoms with Crippen molar-refractivity contribution in [3.63, 3.8) is 0 Å². The summed E-state index contributed by atoms with van der Waals surface area (Å²) in [6, 6.07) is 5.76. The van der Waals surface area contributed by atoms with Gasteiger partial charge in [-0.2, -0.15) is 0 Å². The number of aliphatic hydroxyl groups is 1. The topological polar surface area (TPSA) is 67.8 Å². The standard InChI is InChI=1S/C17H27NO4/c1-4-14(6-5-11-19)17(20)18-10-9-13-7-8-15(21-2)16(12-13)22-3/h7-8,12,14,19H,4-6,9-11H2,1-3H3,(H,18,20). The highest BCUT2D eigenvalue weighted by molar-refractivity contribution is 5.78. The van der Waals surface area contributed by atoms with Crippen molar-refractivity contribution in [3.05, 3.63) is 23.8 Å². The minimum atomic E-state index is -0.0162. The number of methoxy groups -OCH3 is 2. The van der Waals surface area contributed by atoms with Crippen LogP contribution in [0.5, 0.6) is 11.5 Å². The lowest BCUT2D eigenvalue weighted by molar-refractivity contribution is -0.125. The average Bonchev–Trinajstić information content (AvgIpc) is 2.55. The van der Waals surface area contributed by atoms with Crippen LogP contribution >= 0.6 is 0 Å². The third kappa shape index (κ3) is 5.56. The van der Waals surface area contributed by atoms with Crippen molar-refractivity contribution < 1.29 is 19.4 Å². The molecule has 0 aliphatic carbocycles. The van der Waals surface area contributed by atoms with Crippen LogP contribution in [0, 0.1) is 5.92 Å². The van der Waals surface area contributed by atoms with Crippen LogP contribution in [0.4, 0.5) is 0 Å². The summed E-state index contributed by atoms with van der Waals surface area (Å²) in [5, 5.41) is 11.8. The molecule has 1 rings (SSSR count). The normalized spacial score (nSPS) is 11.8. The highest BCUT2D eigenvalue weighted by Gasteiger charge is 2.15. The Morgan fingerprint density at radius 2 is 2.00 bits per heavy atom. The van der Waals surface area contributed by atoms with E-state index in [2.05, 4.69) is 5.32 Å². The van der Waals surface area contributed by atoms with E-state index >= 15 is 0 Å². The van der Waals surface area contributed by atoms with Crippen LogP contribution in [-0.4, -0.2) is 38.4 Å². The second kappa shape index (κ2) is 10.1. The summed E-state index contributed by atoms with van der Waals surface area (Å²) in [5.74, 6) is 1.44. The van der Waals surface area contributed by atoms with Crippen LogP contribution in [-0.2, 0) is 11.2 Å². The smallest absolute Gasteiger partial charge is 0.223 e. The quantitative estimate of drug-likeness (QED) is 0.695. The minimum absolute atomic E-state index is 0.0162. The molecule has 0 spiro atoms. The zero-order chi connectivity index (χ0) is 16.4. The number of hydrogen-bond donors (Lipinski definition) is 2. The van der Waals surface area contributed by atoms with E-state index in [9.17, 15) is 4.79 Å². The van der Waals surface area contributed by atoms with Crippen LogP contribution < -0.4 is 14.8 Å². The molecule has 0 saturated carbocycles. The largest absolute Gasteiger partial charge is 0.493 e. The Labute approximate surface area is 132 Å². The van der Waals surface area contributed by atoms with Gasteiger partial charge in [0, 0.05) is 19.1 Å². The van der Waals surface area contributed by atoms with Crippen molar-refractivity contribution in [3.8, 4) is 11.5 Å². The van der Waals surface area contributed by atoms with Gasteiger partial charge in [-0.1, -0.05) is 13.0 Å². The summed E-state index contributed by atoms with van der Waals surface area (Å²) in [6.07, 6.45) is 2.93. The van der Waals surface area contributed by atoms with Crippen LogP contribution in [0.25, 0.3) is 0 Å². The average molecular weight is 309 g/mol. The minimum Gasteiger partial charge on any atom is -0.493 e. The van der Waals surface area contributed by atoms with E-state index in [0.29, 0.717) is 24.5 Å². The second-order valence-electron chi connectivity index (χ2n) is 5.20. The highest BCUT2D eigenvalue weighted by atomic mass is 16.5. The number of ether oxygens (including phenoxy) is 2. The van der Waals surface area contributed by atoms with Crippen LogP contribution in [0.2, 0.25) is 0 Å². The Morgan fingerprint density at radius 1 is 1.27 bits per heavy atom. The van der Waals surface area contributed by atoms with Gasteiger partial charge in [-0.3, -0.25) is 4.79 Å². The molecule has 5 heteroatoms. The SMILES string of the molecule is CCC(CCCO)C(=O)NCCc1ccc(OC)c(OC)c1. The molecule has 0 heterocycles. The van der Waals surface area contributed by atoms with Crippen molar-refractivity contribution in [1.82, 2.24) is 5.32 Å². The molecule has 1 unspecified atom stereocenters. The van der Waals surface area contributed by atoms with Crippen molar-refractivity contribution in [2.45, 2.75) is 32.6 Å². The molecule has 0 radical (unpaired) electrons. The molecule has 1 aromatic carbocycles. The number of rotatable bonds is 10. The fourth-order valence-corrected chi connectivity index (χ4v) is 2.37. The second-order valence-corrected chi connectivity index (χ2v) is 5.20. The lowest BCUT2D eigenvalue weighted by Gasteiger charge is -2.14. The zero-order valence-electron chi connectivity index (χ0n) is 13.7.